The van der Waals surface area contributed by atoms with E-state index in [-0.39, 0.29) is 12.0 Å². The van der Waals surface area contributed by atoms with Gasteiger partial charge in [-0.1, -0.05) is 12.1 Å². The maximum atomic E-state index is 12.7. The molecule has 27 heavy (non-hydrogen) atoms. The highest BCUT2D eigenvalue weighted by molar-refractivity contribution is 6.01. The molecule has 0 spiro atoms. The number of rotatable bonds is 3. The highest BCUT2D eigenvalue weighted by atomic mass is 16.5. The Kier molecular flexibility index (Phi) is 4.95. The molecule has 0 aliphatic carbocycles. The first kappa shape index (κ1) is 18.6. The fraction of sp³-hybridized carbons (Fsp3) is 0.333. The van der Waals surface area contributed by atoms with E-state index in [1.54, 1.807) is 45.9 Å². The molecule has 0 radical (unpaired) electrons. The van der Waals surface area contributed by atoms with Crippen LogP contribution in [0.2, 0.25) is 0 Å². The SMILES string of the molecule is [C-]#[N+]C1C(C)=NC(C)=C(C(=O)OCC)[C@@H]1c1cccc2c(=O)cc(C)oc12. The zero-order valence-corrected chi connectivity index (χ0v) is 15.7. The number of benzene rings is 1. The highest BCUT2D eigenvalue weighted by Gasteiger charge is 2.43. The molecule has 1 unspecified atom stereocenters. The quantitative estimate of drug-likeness (QED) is 0.614. The molecule has 0 saturated heterocycles. The Labute approximate surface area is 157 Å². The summed E-state index contributed by atoms with van der Waals surface area (Å²) in [7, 11) is 0. The molecule has 1 aromatic carbocycles. The number of esters is 1. The Morgan fingerprint density at radius 2 is 2.07 bits per heavy atom. The van der Waals surface area contributed by atoms with E-state index in [2.05, 4.69) is 9.84 Å². The second-order valence-corrected chi connectivity index (χ2v) is 6.47. The topological polar surface area (TPSA) is 73.2 Å². The maximum absolute atomic E-state index is 12.7. The van der Waals surface area contributed by atoms with E-state index < -0.39 is 17.9 Å². The average molecular weight is 364 g/mol. The van der Waals surface area contributed by atoms with Gasteiger partial charge >= 0.3 is 5.97 Å². The van der Waals surface area contributed by atoms with Crippen LogP contribution in [0, 0.1) is 13.5 Å². The fourth-order valence-corrected chi connectivity index (χ4v) is 3.55. The van der Waals surface area contributed by atoms with Crippen molar-refractivity contribution in [2.24, 2.45) is 4.99 Å². The van der Waals surface area contributed by atoms with E-state index >= 15 is 0 Å². The normalized spacial score (nSPS) is 19.6. The number of aliphatic imine (C=N–C) groups is 1. The van der Waals surface area contributed by atoms with Gasteiger partial charge in [0, 0.05) is 17.3 Å². The lowest BCUT2D eigenvalue weighted by Gasteiger charge is -2.26. The van der Waals surface area contributed by atoms with Gasteiger partial charge in [-0.05, 0) is 33.8 Å². The van der Waals surface area contributed by atoms with Crippen LogP contribution in [0.3, 0.4) is 0 Å². The number of hydrogen-bond donors (Lipinski definition) is 0. The number of nitrogens with zero attached hydrogens (tertiary/aromatic N) is 2. The Morgan fingerprint density at radius 1 is 1.33 bits per heavy atom. The second kappa shape index (κ2) is 7.20. The average Bonchev–Trinajstić information content (AvgIpc) is 2.60. The van der Waals surface area contributed by atoms with Crippen molar-refractivity contribution in [3.8, 4) is 0 Å². The number of para-hydroxylation sites is 1. The lowest BCUT2D eigenvalue weighted by molar-refractivity contribution is -0.138. The van der Waals surface area contributed by atoms with Crippen LogP contribution in [-0.2, 0) is 9.53 Å². The Morgan fingerprint density at radius 3 is 2.74 bits per heavy atom. The molecular formula is C21H20N2O4. The summed E-state index contributed by atoms with van der Waals surface area (Å²) in [5, 5.41) is 0.419. The van der Waals surface area contributed by atoms with Gasteiger partial charge in [-0.25, -0.2) is 11.4 Å². The van der Waals surface area contributed by atoms with E-state index in [1.807, 2.05) is 0 Å². The summed E-state index contributed by atoms with van der Waals surface area (Å²) in [6, 6.07) is 5.97. The van der Waals surface area contributed by atoms with Gasteiger partial charge in [0.05, 0.1) is 23.3 Å². The number of carbonyl (C=O) groups is 1. The van der Waals surface area contributed by atoms with Crippen molar-refractivity contribution >= 4 is 22.7 Å². The van der Waals surface area contributed by atoms with Crippen molar-refractivity contribution in [2.75, 3.05) is 6.61 Å². The summed E-state index contributed by atoms with van der Waals surface area (Å²) in [5.41, 5.74) is 2.32. The zero-order chi connectivity index (χ0) is 19.7. The molecule has 0 bridgehead atoms. The lowest BCUT2D eigenvalue weighted by Crippen LogP contribution is -2.32. The van der Waals surface area contributed by atoms with Crippen LogP contribution < -0.4 is 5.43 Å². The van der Waals surface area contributed by atoms with Gasteiger partial charge in [0.1, 0.15) is 17.3 Å². The van der Waals surface area contributed by atoms with Crippen molar-refractivity contribution < 1.29 is 13.9 Å². The van der Waals surface area contributed by atoms with Crippen molar-refractivity contribution in [3.05, 3.63) is 68.5 Å². The Balaban J connectivity index is 2.34. The summed E-state index contributed by atoms with van der Waals surface area (Å²) >= 11 is 0. The van der Waals surface area contributed by atoms with Crippen LogP contribution in [0.15, 0.2) is 49.7 Å². The minimum Gasteiger partial charge on any atom is -0.463 e. The van der Waals surface area contributed by atoms with E-state index in [1.165, 1.54) is 6.07 Å². The molecule has 3 rings (SSSR count). The molecule has 138 valence electrons. The molecule has 2 aromatic rings. The molecule has 0 N–H and O–H groups in total. The van der Waals surface area contributed by atoms with Crippen LogP contribution in [0.25, 0.3) is 15.8 Å². The second-order valence-electron chi connectivity index (χ2n) is 6.47. The van der Waals surface area contributed by atoms with Crippen molar-refractivity contribution in [3.63, 3.8) is 0 Å². The molecule has 1 aromatic heterocycles. The largest absolute Gasteiger partial charge is 0.463 e. The van der Waals surface area contributed by atoms with Gasteiger partial charge in [-0.3, -0.25) is 9.79 Å². The van der Waals surface area contributed by atoms with Crippen molar-refractivity contribution in [1.29, 1.82) is 0 Å². The van der Waals surface area contributed by atoms with Crippen molar-refractivity contribution in [1.82, 2.24) is 0 Å². The highest BCUT2D eigenvalue weighted by Crippen LogP contribution is 2.40. The van der Waals surface area contributed by atoms with Gasteiger partial charge < -0.3 is 14.0 Å². The first-order chi connectivity index (χ1) is 12.9. The summed E-state index contributed by atoms with van der Waals surface area (Å²) in [4.78, 5) is 33.2. The van der Waals surface area contributed by atoms with Gasteiger partial charge in [-0.15, -0.1) is 0 Å². The number of aryl methyl sites for hydroxylation is 1. The number of ether oxygens (including phenoxy) is 1. The van der Waals surface area contributed by atoms with Crippen LogP contribution in [-0.4, -0.2) is 24.3 Å². The standard InChI is InChI=1S/C21H20N2O4/c1-6-26-21(25)17-12(3)23-13(4)19(22-5)18(17)15-9-7-8-14-16(24)10-11(2)27-20(14)15/h7-10,18-19H,6H2,1-4H3/t18-,19?/m0/s1. The third-order valence-electron chi connectivity index (χ3n) is 4.67. The van der Waals surface area contributed by atoms with Crippen LogP contribution in [0.4, 0.5) is 0 Å². The molecule has 0 saturated carbocycles. The fourth-order valence-electron chi connectivity index (χ4n) is 3.55. The minimum atomic E-state index is -0.676. The third-order valence-corrected chi connectivity index (χ3v) is 4.67. The first-order valence-corrected chi connectivity index (χ1v) is 8.72. The molecule has 0 fully saturated rings. The minimum absolute atomic E-state index is 0.158. The number of allylic oxidation sites excluding steroid dienone is 1. The van der Waals surface area contributed by atoms with E-state index in [9.17, 15) is 9.59 Å². The summed E-state index contributed by atoms with van der Waals surface area (Å²) in [5.74, 6) is -0.650. The smallest absolute Gasteiger partial charge is 0.336 e. The van der Waals surface area contributed by atoms with Gasteiger partial charge in [-0.2, -0.15) is 0 Å². The molecule has 2 heterocycles. The van der Waals surface area contributed by atoms with Gasteiger partial charge in [0.2, 0.25) is 0 Å². The third kappa shape index (κ3) is 3.17. The molecular weight excluding hydrogens is 344 g/mol. The van der Waals surface area contributed by atoms with Gasteiger partial charge in [0.15, 0.2) is 5.43 Å². The van der Waals surface area contributed by atoms with Crippen LogP contribution in [0.1, 0.15) is 38.0 Å². The molecule has 0 amide bonds. The van der Waals surface area contributed by atoms with E-state index in [4.69, 9.17) is 15.7 Å². The van der Waals surface area contributed by atoms with Crippen molar-refractivity contribution in [2.45, 2.75) is 39.7 Å². The predicted octanol–water partition coefficient (Wildman–Crippen LogP) is 3.78. The summed E-state index contributed by atoms with van der Waals surface area (Å²) < 4.78 is 11.1. The zero-order valence-electron chi connectivity index (χ0n) is 15.7. The van der Waals surface area contributed by atoms with Crippen LogP contribution in [0.5, 0.6) is 0 Å². The van der Waals surface area contributed by atoms with E-state index in [0.717, 1.165) is 0 Å². The molecule has 6 heteroatoms. The molecule has 6 nitrogen and oxygen atoms in total. The predicted molar refractivity (Wildman–Crippen MR) is 103 cm³/mol. The maximum Gasteiger partial charge on any atom is 0.336 e. The Bertz CT molecular complexity index is 1090. The monoisotopic (exact) mass is 364 g/mol. The number of fused-ring (bicyclic) bond motifs is 1. The number of hydrogen-bond acceptors (Lipinski definition) is 5. The Hall–Kier alpha value is -3.20. The molecule has 1 aliphatic heterocycles. The first-order valence-electron chi connectivity index (χ1n) is 8.72. The molecule has 1 aliphatic rings. The number of carbonyl (C=O) groups excluding carboxylic acids is 1. The van der Waals surface area contributed by atoms with E-state index in [0.29, 0.717) is 39.3 Å². The van der Waals surface area contributed by atoms with Gasteiger partial charge in [0.25, 0.3) is 6.04 Å². The summed E-state index contributed by atoms with van der Waals surface area (Å²) in [6.45, 7) is 14.8. The summed E-state index contributed by atoms with van der Waals surface area (Å²) in [6.07, 6.45) is 0. The van der Waals surface area contributed by atoms with Crippen LogP contribution >= 0.6 is 0 Å². The lowest BCUT2D eigenvalue weighted by atomic mass is 9.79. The molecule has 2 atom stereocenters.